The smallest absolute Gasteiger partial charge is 0.315 e. The van der Waals surface area contributed by atoms with Crippen LogP contribution in [-0.2, 0) is 9.53 Å². The summed E-state index contributed by atoms with van der Waals surface area (Å²) in [6.07, 6.45) is 0. The number of thioether (sulfide) groups is 1. The number of esters is 1. The van der Waals surface area contributed by atoms with Crippen LogP contribution < -0.4 is 5.73 Å². The van der Waals surface area contributed by atoms with Gasteiger partial charge in [-0.1, -0.05) is 23.8 Å². The Morgan fingerprint density at radius 1 is 1.44 bits per heavy atom. The SMILES string of the molecule is CCOC(=O)CSCC(N)c1ccc(C)cc1C. The molecule has 4 heteroatoms. The van der Waals surface area contributed by atoms with Gasteiger partial charge in [-0.05, 0) is 31.9 Å². The first-order valence-corrected chi connectivity index (χ1v) is 7.26. The highest BCUT2D eigenvalue weighted by Crippen LogP contribution is 2.20. The van der Waals surface area contributed by atoms with Crippen molar-refractivity contribution < 1.29 is 9.53 Å². The van der Waals surface area contributed by atoms with Crippen LogP contribution in [0.3, 0.4) is 0 Å². The average Bonchev–Trinajstić information content (AvgIpc) is 2.29. The molecule has 1 aromatic rings. The second-order valence-corrected chi connectivity index (χ2v) is 5.32. The number of hydrogen-bond acceptors (Lipinski definition) is 4. The van der Waals surface area contributed by atoms with Crippen molar-refractivity contribution in [3.63, 3.8) is 0 Å². The van der Waals surface area contributed by atoms with E-state index < -0.39 is 0 Å². The summed E-state index contributed by atoms with van der Waals surface area (Å²) in [4.78, 5) is 11.2. The lowest BCUT2D eigenvalue weighted by molar-refractivity contribution is -0.139. The van der Waals surface area contributed by atoms with Gasteiger partial charge in [-0.3, -0.25) is 4.79 Å². The third kappa shape index (κ3) is 4.70. The normalized spacial score (nSPS) is 12.2. The molecule has 0 radical (unpaired) electrons. The second-order valence-electron chi connectivity index (χ2n) is 4.29. The molecule has 100 valence electrons. The van der Waals surface area contributed by atoms with Crippen molar-refractivity contribution in [2.24, 2.45) is 5.73 Å². The van der Waals surface area contributed by atoms with Gasteiger partial charge in [-0.15, -0.1) is 11.8 Å². The number of carbonyl (C=O) groups is 1. The molecule has 0 aromatic heterocycles. The molecule has 0 saturated carbocycles. The fraction of sp³-hybridized carbons (Fsp3) is 0.500. The van der Waals surface area contributed by atoms with E-state index in [-0.39, 0.29) is 12.0 Å². The largest absolute Gasteiger partial charge is 0.465 e. The first-order valence-electron chi connectivity index (χ1n) is 6.10. The summed E-state index contributed by atoms with van der Waals surface area (Å²) >= 11 is 1.52. The molecule has 18 heavy (non-hydrogen) atoms. The van der Waals surface area contributed by atoms with Crippen LogP contribution in [0.1, 0.15) is 29.7 Å². The lowest BCUT2D eigenvalue weighted by Gasteiger charge is -2.14. The van der Waals surface area contributed by atoms with Gasteiger partial charge in [0, 0.05) is 11.8 Å². The van der Waals surface area contributed by atoms with Gasteiger partial charge in [-0.25, -0.2) is 0 Å². The predicted octanol–water partition coefficient (Wildman–Crippen LogP) is 2.60. The minimum absolute atomic E-state index is 0.0370. The van der Waals surface area contributed by atoms with Crippen LogP contribution in [0, 0.1) is 13.8 Å². The van der Waals surface area contributed by atoms with E-state index in [1.54, 1.807) is 0 Å². The lowest BCUT2D eigenvalue weighted by Crippen LogP contribution is -2.16. The van der Waals surface area contributed by atoms with Crippen molar-refractivity contribution in [1.29, 1.82) is 0 Å². The second kappa shape index (κ2) is 7.44. The van der Waals surface area contributed by atoms with Crippen molar-refractivity contribution in [3.8, 4) is 0 Å². The fourth-order valence-electron chi connectivity index (χ4n) is 1.80. The highest BCUT2D eigenvalue weighted by atomic mass is 32.2. The van der Waals surface area contributed by atoms with Crippen LogP contribution in [0.2, 0.25) is 0 Å². The van der Waals surface area contributed by atoms with Crippen molar-refractivity contribution >= 4 is 17.7 Å². The molecule has 1 rings (SSSR count). The Morgan fingerprint density at radius 2 is 2.17 bits per heavy atom. The number of rotatable bonds is 6. The summed E-state index contributed by atoms with van der Waals surface area (Å²) in [7, 11) is 0. The van der Waals surface area contributed by atoms with E-state index in [1.165, 1.54) is 22.9 Å². The topological polar surface area (TPSA) is 52.3 Å². The summed E-state index contributed by atoms with van der Waals surface area (Å²) in [5.74, 6) is 0.921. The molecule has 3 nitrogen and oxygen atoms in total. The molecular weight excluding hydrogens is 246 g/mol. The van der Waals surface area contributed by atoms with Crippen LogP contribution in [0.4, 0.5) is 0 Å². The first-order chi connectivity index (χ1) is 8.54. The average molecular weight is 267 g/mol. The zero-order valence-electron chi connectivity index (χ0n) is 11.2. The van der Waals surface area contributed by atoms with Crippen LogP contribution in [0.25, 0.3) is 0 Å². The van der Waals surface area contributed by atoms with E-state index in [4.69, 9.17) is 10.5 Å². The van der Waals surface area contributed by atoms with Gasteiger partial charge in [0.15, 0.2) is 0 Å². The van der Waals surface area contributed by atoms with Gasteiger partial charge in [0.25, 0.3) is 0 Å². The van der Waals surface area contributed by atoms with E-state index in [9.17, 15) is 4.79 Å². The molecule has 0 heterocycles. The van der Waals surface area contributed by atoms with Gasteiger partial charge < -0.3 is 10.5 Å². The zero-order valence-corrected chi connectivity index (χ0v) is 12.0. The number of nitrogens with two attached hydrogens (primary N) is 1. The summed E-state index contributed by atoms with van der Waals surface area (Å²) in [5, 5.41) is 0. The Hall–Kier alpha value is -1.00. The van der Waals surface area contributed by atoms with Crippen molar-refractivity contribution in [2.75, 3.05) is 18.1 Å². The van der Waals surface area contributed by atoms with Crippen LogP contribution in [0.5, 0.6) is 0 Å². The standard InChI is InChI=1S/C14H21NO2S/c1-4-17-14(16)9-18-8-13(15)12-6-5-10(2)7-11(12)3/h5-7,13H,4,8-9,15H2,1-3H3. The molecule has 1 unspecified atom stereocenters. The lowest BCUT2D eigenvalue weighted by atomic mass is 10.0. The molecule has 0 bridgehead atoms. The maximum absolute atomic E-state index is 11.2. The van der Waals surface area contributed by atoms with E-state index in [2.05, 4.69) is 32.0 Å². The van der Waals surface area contributed by atoms with Crippen molar-refractivity contribution in [3.05, 3.63) is 34.9 Å². The van der Waals surface area contributed by atoms with E-state index in [0.29, 0.717) is 12.4 Å². The number of ether oxygens (including phenoxy) is 1. The molecule has 0 spiro atoms. The Labute approximate surface area is 113 Å². The Balaban J connectivity index is 2.45. The summed E-state index contributed by atoms with van der Waals surface area (Å²) < 4.78 is 4.87. The third-order valence-corrected chi connectivity index (χ3v) is 3.68. The van der Waals surface area contributed by atoms with Crippen molar-refractivity contribution in [1.82, 2.24) is 0 Å². The number of benzene rings is 1. The van der Waals surface area contributed by atoms with Gasteiger partial charge in [0.05, 0.1) is 12.4 Å². The van der Waals surface area contributed by atoms with Crippen LogP contribution >= 0.6 is 11.8 Å². The predicted molar refractivity (Wildman–Crippen MR) is 76.8 cm³/mol. The molecular formula is C14H21NO2S. The number of aryl methyl sites for hydroxylation is 2. The third-order valence-electron chi connectivity index (χ3n) is 2.65. The fourth-order valence-corrected chi connectivity index (χ4v) is 2.60. The van der Waals surface area contributed by atoms with Crippen molar-refractivity contribution in [2.45, 2.75) is 26.8 Å². The van der Waals surface area contributed by atoms with Crippen LogP contribution in [0.15, 0.2) is 18.2 Å². The number of hydrogen-bond donors (Lipinski definition) is 1. The molecule has 0 aliphatic heterocycles. The van der Waals surface area contributed by atoms with Gasteiger partial charge in [-0.2, -0.15) is 0 Å². The van der Waals surface area contributed by atoms with E-state index in [0.717, 1.165) is 11.3 Å². The maximum Gasteiger partial charge on any atom is 0.315 e. The molecule has 0 amide bonds. The molecule has 0 aliphatic carbocycles. The quantitative estimate of drug-likeness (QED) is 0.805. The van der Waals surface area contributed by atoms with Gasteiger partial charge >= 0.3 is 5.97 Å². The first kappa shape index (κ1) is 15.1. The molecule has 0 saturated heterocycles. The Kier molecular flexibility index (Phi) is 6.22. The maximum atomic E-state index is 11.2. The van der Waals surface area contributed by atoms with E-state index >= 15 is 0 Å². The molecule has 2 N–H and O–H groups in total. The summed E-state index contributed by atoms with van der Waals surface area (Å²) in [6, 6.07) is 6.23. The Morgan fingerprint density at radius 3 is 2.78 bits per heavy atom. The minimum Gasteiger partial charge on any atom is -0.465 e. The highest BCUT2D eigenvalue weighted by molar-refractivity contribution is 7.99. The van der Waals surface area contributed by atoms with Crippen LogP contribution in [-0.4, -0.2) is 24.1 Å². The van der Waals surface area contributed by atoms with Gasteiger partial charge in [0.1, 0.15) is 0 Å². The highest BCUT2D eigenvalue weighted by Gasteiger charge is 2.10. The molecule has 1 atom stereocenters. The molecule has 1 aromatic carbocycles. The molecule has 0 fully saturated rings. The zero-order chi connectivity index (χ0) is 13.5. The minimum atomic E-state index is -0.171. The number of carbonyl (C=O) groups excluding carboxylic acids is 1. The van der Waals surface area contributed by atoms with Gasteiger partial charge in [0.2, 0.25) is 0 Å². The Bertz CT molecular complexity index is 407. The summed E-state index contributed by atoms with van der Waals surface area (Å²) in [6.45, 7) is 6.38. The molecule has 0 aliphatic rings. The summed E-state index contributed by atoms with van der Waals surface area (Å²) in [5.41, 5.74) is 9.73. The monoisotopic (exact) mass is 267 g/mol. The van der Waals surface area contributed by atoms with E-state index in [1.807, 2.05) is 6.92 Å².